The average molecular weight is 312 g/mol. The third-order valence-electron chi connectivity index (χ3n) is 3.32. The Hall–Kier alpha value is -0.910. The van der Waals surface area contributed by atoms with E-state index in [4.69, 9.17) is 0 Å². The van der Waals surface area contributed by atoms with Gasteiger partial charge in [0.15, 0.2) is 0 Å². The van der Waals surface area contributed by atoms with Crippen LogP contribution < -0.4 is 5.32 Å². The topological polar surface area (TPSA) is 49.4 Å². The summed E-state index contributed by atoms with van der Waals surface area (Å²) in [5.74, 6) is 0.305. The van der Waals surface area contributed by atoms with Crippen LogP contribution in [0.25, 0.3) is 0 Å². The van der Waals surface area contributed by atoms with Crippen molar-refractivity contribution in [2.45, 2.75) is 45.6 Å². The number of nitrogens with zero attached hydrogens (tertiary/aromatic N) is 1. The van der Waals surface area contributed by atoms with E-state index in [1.807, 2.05) is 32.9 Å². The number of sulfonamides is 1. The number of hydrogen-bond donors (Lipinski definition) is 1. The van der Waals surface area contributed by atoms with Gasteiger partial charge in [-0.2, -0.15) is 0 Å². The molecule has 0 aromatic heterocycles. The summed E-state index contributed by atoms with van der Waals surface area (Å²) in [5.41, 5.74) is 1.80. The summed E-state index contributed by atoms with van der Waals surface area (Å²) in [5, 5.41) is 3.30. The normalized spacial score (nSPS) is 12.3. The smallest absolute Gasteiger partial charge is 0.243 e. The molecule has 1 rings (SSSR count). The number of aryl methyl sites for hydroxylation is 1. The summed E-state index contributed by atoms with van der Waals surface area (Å²) in [4.78, 5) is 0.418. The van der Waals surface area contributed by atoms with E-state index in [9.17, 15) is 8.42 Å². The molecule has 1 N–H and O–H groups in total. The Bertz CT molecular complexity index is 553. The van der Waals surface area contributed by atoms with Gasteiger partial charge in [0.25, 0.3) is 0 Å². The molecule has 1 aromatic rings. The van der Waals surface area contributed by atoms with E-state index >= 15 is 0 Å². The van der Waals surface area contributed by atoms with Crippen LogP contribution in [0.2, 0.25) is 0 Å². The third-order valence-corrected chi connectivity index (χ3v) is 5.28. The zero-order valence-electron chi connectivity index (χ0n) is 13.8. The van der Waals surface area contributed by atoms with Gasteiger partial charge >= 0.3 is 0 Å². The molecule has 0 saturated carbocycles. The van der Waals surface area contributed by atoms with Crippen LogP contribution in [0.15, 0.2) is 23.1 Å². The highest BCUT2D eigenvalue weighted by molar-refractivity contribution is 7.89. The Labute approximate surface area is 129 Å². The minimum absolute atomic E-state index is 0.305. The highest BCUT2D eigenvalue weighted by Crippen LogP contribution is 2.21. The number of benzene rings is 1. The van der Waals surface area contributed by atoms with Gasteiger partial charge in [-0.25, -0.2) is 12.7 Å². The molecule has 0 amide bonds. The number of hydrogen-bond acceptors (Lipinski definition) is 3. The van der Waals surface area contributed by atoms with Crippen molar-refractivity contribution in [3.8, 4) is 0 Å². The first kappa shape index (κ1) is 18.1. The SMILES string of the molecule is CCCNCc1ccc(C)c(S(=O)(=O)N(C)CC(C)C)c1. The van der Waals surface area contributed by atoms with Crippen molar-refractivity contribution in [2.24, 2.45) is 5.92 Å². The van der Waals surface area contributed by atoms with Gasteiger partial charge in [0, 0.05) is 20.1 Å². The molecule has 0 aliphatic carbocycles. The lowest BCUT2D eigenvalue weighted by Crippen LogP contribution is -2.31. The molecule has 0 atom stereocenters. The largest absolute Gasteiger partial charge is 0.313 e. The number of rotatable bonds is 8. The van der Waals surface area contributed by atoms with Gasteiger partial charge in [0.1, 0.15) is 0 Å². The Morgan fingerprint density at radius 3 is 2.52 bits per heavy atom. The van der Waals surface area contributed by atoms with Crippen LogP contribution in [0.4, 0.5) is 0 Å². The van der Waals surface area contributed by atoms with Gasteiger partial charge in [0.05, 0.1) is 4.90 Å². The lowest BCUT2D eigenvalue weighted by Gasteiger charge is -2.21. The van der Waals surface area contributed by atoms with Crippen molar-refractivity contribution in [1.82, 2.24) is 9.62 Å². The molecule has 1 aromatic carbocycles. The third kappa shape index (κ3) is 5.09. The van der Waals surface area contributed by atoms with Crippen LogP contribution >= 0.6 is 0 Å². The monoisotopic (exact) mass is 312 g/mol. The van der Waals surface area contributed by atoms with Gasteiger partial charge in [0.2, 0.25) is 10.0 Å². The Balaban J connectivity index is 3.02. The maximum absolute atomic E-state index is 12.7. The lowest BCUT2D eigenvalue weighted by molar-refractivity contribution is 0.417. The van der Waals surface area contributed by atoms with Gasteiger partial charge in [-0.15, -0.1) is 0 Å². The summed E-state index contributed by atoms with van der Waals surface area (Å²) in [6.45, 7) is 10.2. The molecular formula is C16H28N2O2S. The minimum Gasteiger partial charge on any atom is -0.313 e. The van der Waals surface area contributed by atoms with Crippen LogP contribution in [0, 0.1) is 12.8 Å². The van der Waals surface area contributed by atoms with Crippen LogP contribution in [-0.2, 0) is 16.6 Å². The second-order valence-electron chi connectivity index (χ2n) is 5.96. The van der Waals surface area contributed by atoms with Crippen LogP contribution in [0.5, 0.6) is 0 Å². The van der Waals surface area contributed by atoms with E-state index < -0.39 is 10.0 Å². The van der Waals surface area contributed by atoms with E-state index in [2.05, 4.69) is 12.2 Å². The summed E-state index contributed by atoms with van der Waals surface area (Å²) in [6, 6.07) is 5.67. The van der Waals surface area contributed by atoms with Crippen molar-refractivity contribution in [2.75, 3.05) is 20.1 Å². The van der Waals surface area contributed by atoms with E-state index in [-0.39, 0.29) is 0 Å². The molecule has 120 valence electrons. The predicted octanol–water partition coefficient (Wildman–Crippen LogP) is 2.77. The molecule has 0 unspecified atom stereocenters. The quantitative estimate of drug-likeness (QED) is 0.751. The maximum atomic E-state index is 12.7. The van der Waals surface area contributed by atoms with Crippen molar-refractivity contribution in [3.05, 3.63) is 29.3 Å². The summed E-state index contributed by atoms with van der Waals surface area (Å²) in [6.07, 6.45) is 1.06. The Kier molecular flexibility index (Phi) is 6.84. The molecule has 0 spiro atoms. The number of nitrogens with one attached hydrogen (secondary N) is 1. The average Bonchev–Trinajstić information content (AvgIpc) is 2.40. The van der Waals surface area contributed by atoms with Crippen LogP contribution in [0.3, 0.4) is 0 Å². The van der Waals surface area contributed by atoms with Gasteiger partial charge in [-0.1, -0.05) is 32.9 Å². The molecule has 0 fully saturated rings. The molecule has 0 aliphatic heterocycles. The molecule has 5 heteroatoms. The van der Waals surface area contributed by atoms with Crippen molar-refractivity contribution in [1.29, 1.82) is 0 Å². The van der Waals surface area contributed by atoms with Gasteiger partial charge in [-0.05, 0) is 43.0 Å². The first-order valence-corrected chi connectivity index (χ1v) is 8.99. The lowest BCUT2D eigenvalue weighted by atomic mass is 10.1. The Morgan fingerprint density at radius 2 is 1.95 bits per heavy atom. The molecule has 0 bridgehead atoms. The van der Waals surface area contributed by atoms with E-state index in [0.717, 1.165) is 24.1 Å². The molecule has 21 heavy (non-hydrogen) atoms. The highest BCUT2D eigenvalue weighted by Gasteiger charge is 2.23. The van der Waals surface area contributed by atoms with Crippen molar-refractivity contribution < 1.29 is 8.42 Å². The molecule has 0 radical (unpaired) electrons. The van der Waals surface area contributed by atoms with E-state index in [0.29, 0.717) is 23.9 Å². The maximum Gasteiger partial charge on any atom is 0.243 e. The minimum atomic E-state index is -3.41. The molecule has 4 nitrogen and oxygen atoms in total. The fourth-order valence-corrected chi connectivity index (χ4v) is 3.83. The van der Waals surface area contributed by atoms with E-state index in [1.165, 1.54) is 4.31 Å². The molecule has 0 aliphatic rings. The fraction of sp³-hybridized carbons (Fsp3) is 0.625. The summed E-state index contributed by atoms with van der Waals surface area (Å²) in [7, 11) is -1.76. The molecule has 0 heterocycles. The molecule has 0 saturated heterocycles. The summed E-state index contributed by atoms with van der Waals surface area (Å²) >= 11 is 0. The summed E-state index contributed by atoms with van der Waals surface area (Å²) < 4.78 is 26.8. The second-order valence-corrected chi connectivity index (χ2v) is 7.97. The zero-order valence-corrected chi connectivity index (χ0v) is 14.6. The first-order valence-electron chi connectivity index (χ1n) is 7.55. The second kappa shape index (κ2) is 7.92. The molecular weight excluding hydrogens is 284 g/mol. The Morgan fingerprint density at radius 1 is 1.29 bits per heavy atom. The first-order chi connectivity index (χ1) is 9.78. The van der Waals surface area contributed by atoms with Gasteiger partial charge in [-0.3, -0.25) is 0 Å². The fourth-order valence-electron chi connectivity index (χ4n) is 2.22. The van der Waals surface area contributed by atoms with Crippen molar-refractivity contribution >= 4 is 10.0 Å². The van der Waals surface area contributed by atoms with Gasteiger partial charge < -0.3 is 5.32 Å². The zero-order chi connectivity index (χ0) is 16.0. The van der Waals surface area contributed by atoms with Crippen molar-refractivity contribution in [3.63, 3.8) is 0 Å². The van der Waals surface area contributed by atoms with Crippen LogP contribution in [-0.4, -0.2) is 32.9 Å². The highest BCUT2D eigenvalue weighted by atomic mass is 32.2. The predicted molar refractivity (Wildman–Crippen MR) is 87.8 cm³/mol. The standard InChI is InChI=1S/C16H28N2O2S/c1-6-9-17-11-15-8-7-14(4)16(10-15)21(19,20)18(5)12-13(2)3/h7-8,10,13,17H,6,9,11-12H2,1-5H3. The van der Waals surface area contributed by atoms with Crippen LogP contribution in [0.1, 0.15) is 38.3 Å². The van der Waals surface area contributed by atoms with E-state index in [1.54, 1.807) is 13.1 Å².